The van der Waals surface area contributed by atoms with Gasteiger partial charge in [0, 0.05) is 16.6 Å². The lowest BCUT2D eigenvalue weighted by molar-refractivity contribution is 1.67. The molecule has 9 heavy (non-hydrogen) atoms. The fourth-order valence-electron chi connectivity index (χ4n) is 0.556. The molecule has 0 fully saturated rings. The third-order valence-electron chi connectivity index (χ3n) is 0.957. The summed E-state index contributed by atoms with van der Waals surface area (Å²) >= 11 is 3.29. The molecule has 0 atom stereocenters. The minimum absolute atomic E-state index is 0.782. The van der Waals surface area contributed by atoms with E-state index in [0.717, 1.165) is 10.2 Å². The van der Waals surface area contributed by atoms with Crippen LogP contribution < -0.4 is 0 Å². The van der Waals surface area contributed by atoms with Crippen molar-refractivity contribution >= 4 is 21.6 Å². The largest absolute Gasteiger partial charge is 0.341 e. The van der Waals surface area contributed by atoms with Crippen LogP contribution in [0.5, 0.6) is 0 Å². The smallest absolute Gasteiger partial charge is 0.0533 e. The van der Waals surface area contributed by atoms with E-state index in [2.05, 4.69) is 20.8 Å². The van der Waals surface area contributed by atoms with Gasteiger partial charge in [-0.15, -0.1) is 0 Å². The molecule has 0 heterocycles. The van der Waals surface area contributed by atoms with E-state index in [-0.39, 0.29) is 0 Å². The van der Waals surface area contributed by atoms with Crippen LogP contribution in [0.2, 0.25) is 0 Å². The van der Waals surface area contributed by atoms with Crippen molar-refractivity contribution in [1.29, 1.82) is 0 Å². The maximum absolute atomic E-state index is 5.02. The fourth-order valence-corrected chi connectivity index (χ4v) is 0.944. The molecule has 1 nitrogen and oxygen atoms in total. The summed E-state index contributed by atoms with van der Waals surface area (Å²) in [5, 5.41) is 0. The van der Waals surface area contributed by atoms with Crippen molar-refractivity contribution in [3.8, 4) is 6.57 Å². The highest BCUT2D eigenvalue weighted by atomic mass is 79.9. The van der Waals surface area contributed by atoms with Crippen molar-refractivity contribution in [3.05, 3.63) is 33.6 Å². The Balaban J connectivity index is 3.12. The lowest BCUT2D eigenvalue weighted by atomic mass is 10.3. The van der Waals surface area contributed by atoms with Crippen molar-refractivity contribution in [2.75, 3.05) is 0 Å². The molecule has 0 aliphatic rings. The fraction of sp³-hybridized carbons (Fsp3) is 0. The molecule has 0 N–H and O–H groups in total. The predicted octanol–water partition coefficient (Wildman–Crippen LogP) is 3.04. The molecular formula is C7H5BrN+. The summed E-state index contributed by atoms with van der Waals surface area (Å²) in [5.41, 5.74) is 0.782. The van der Waals surface area contributed by atoms with Crippen molar-refractivity contribution in [2.45, 2.75) is 0 Å². The molecular weight excluding hydrogens is 178 g/mol. The first-order valence-electron chi connectivity index (χ1n) is 2.49. The summed E-state index contributed by atoms with van der Waals surface area (Å²) in [6.07, 6.45) is 0. The summed E-state index contributed by atoms with van der Waals surface area (Å²) in [7, 11) is 0. The Kier molecular flexibility index (Phi) is 1.86. The standard InChI is InChI=1S/C7H5BrN/c1-9-7-4-2-3-6(8)5-7/h1-5H/q+1. The van der Waals surface area contributed by atoms with Gasteiger partial charge in [0.15, 0.2) is 0 Å². The van der Waals surface area contributed by atoms with E-state index in [1.807, 2.05) is 24.3 Å². The molecule has 0 spiro atoms. The highest BCUT2D eigenvalue weighted by Gasteiger charge is 1.96. The summed E-state index contributed by atoms with van der Waals surface area (Å²) in [6.45, 7) is 5.02. The van der Waals surface area contributed by atoms with Gasteiger partial charge in [-0.3, -0.25) is 0 Å². The zero-order valence-corrected chi connectivity index (χ0v) is 6.30. The second-order valence-electron chi connectivity index (χ2n) is 1.61. The zero-order valence-electron chi connectivity index (χ0n) is 4.71. The maximum atomic E-state index is 5.02. The highest BCUT2D eigenvalue weighted by molar-refractivity contribution is 9.10. The molecule has 0 bridgehead atoms. The van der Waals surface area contributed by atoms with E-state index in [1.165, 1.54) is 0 Å². The second-order valence-corrected chi connectivity index (χ2v) is 2.52. The van der Waals surface area contributed by atoms with Gasteiger partial charge in [0.2, 0.25) is 0 Å². The van der Waals surface area contributed by atoms with Gasteiger partial charge in [-0.1, -0.05) is 22.0 Å². The van der Waals surface area contributed by atoms with Gasteiger partial charge >= 0.3 is 5.69 Å². The van der Waals surface area contributed by atoms with Gasteiger partial charge in [-0.25, -0.2) is 0 Å². The summed E-state index contributed by atoms with van der Waals surface area (Å²) in [6, 6.07) is 7.50. The monoisotopic (exact) mass is 182 g/mol. The van der Waals surface area contributed by atoms with Crippen molar-refractivity contribution in [1.82, 2.24) is 0 Å². The van der Waals surface area contributed by atoms with Crippen molar-refractivity contribution < 1.29 is 0 Å². The van der Waals surface area contributed by atoms with E-state index >= 15 is 0 Å². The lowest BCUT2D eigenvalue weighted by Gasteiger charge is -1.80. The Morgan fingerprint density at radius 3 is 2.67 bits per heavy atom. The number of rotatable bonds is 0. The molecule has 44 valence electrons. The van der Waals surface area contributed by atoms with Crippen LogP contribution >= 0.6 is 15.9 Å². The van der Waals surface area contributed by atoms with Gasteiger partial charge in [0.05, 0.1) is 0 Å². The molecule has 0 saturated heterocycles. The minimum Gasteiger partial charge on any atom is -0.0533 e. The lowest BCUT2D eigenvalue weighted by Crippen LogP contribution is -1.60. The van der Waals surface area contributed by atoms with Crippen LogP contribution in [-0.2, 0) is 0 Å². The van der Waals surface area contributed by atoms with Crippen LogP contribution in [0.25, 0.3) is 4.85 Å². The van der Waals surface area contributed by atoms with Crippen molar-refractivity contribution in [3.63, 3.8) is 0 Å². The third kappa shape index (κ3) is 1.55. The predicted molar refractivity (Wildman–Crippen MR) is 42.1 cm³/mol. The Morgan fingerprint density at radius 2 is 2.22 bits per heavy atom. The molecule has 1 rings (SSSR count). The van der Waals surface area contributed by atoms with Gasteiger partial charge in [0.25, 0.3) is 6.57 Å². The van der Waals surface area contributed by atoms with Crippen LogP contribution in [0, 0.1) is 6.57 Å². The molecule has 2 heteroatoms. The quantitative estimate of drug-likeness (QED) is 0.582. The van der Waals surface area contributed by atoms with E-state index in [0.29, 0.717) is 0 Å². The molecule has 0 unspecified atom stereocenters. The first-order valence-corrected chi connectivity index (χ1v) is 3.29. The Hall–Kier alpha value is -0.810. The molecule has 1 aromatic rings. The molecule has 0 aliphatic heterocycles. The van der Waals surface area contributed by atoms with E-state index in [4.69, 9.17) is 6.57 Å². The number of benzene rings is 1. The third-order valence-corrected chi connectivity index (χ3v) is 1.45. The molecule has 0 radical (unpaired) electrons. The Bertz CT molecular complexity index is 249. The number of hydrogen-bond acceptors (Lipinski definition) is 0. The van der Waals surface area contributed by atoms with Crippen LogP contribution in [0.4, 0.5) is 5.69 Å². The zero-order chi connectivity index (χ0) is 6.69. The van der Waals surface area contributed by atoms with Crippen LogP contribution in [-0.4, -0.2) is 0 Å². The summed E-state index contributed by atoms with van der Waals surface area (Å²) in [4.78, 5) is 3.50. The first-order chi connectivity index (χ1) is 4.33. The average molecular weight is 183 g/mol. The SMILES string of the molecule is C#[N+]c1cccc(Br)c1. The highest BCUT2D eigenvalue weighted by Crippen LogP contribution is 2.17. The topological polar surface area (TPSA) is 4.36 Å². The van der Waals surface area contributed by atoms with E-state index in [9.17, 15) is 0 Å². The Morgan fingerprint density at radius 1 is 1.44 bits per heavy atom. The van der Waals surface area contributed by atoms with Gasteiger partial charge in [-0.2, -0.15) is 0 Å². The van der Waals surface area contributed by atoms with Gasteiger partial charge in [-0.05, 0) is 10.9 Å². The van der Waals surface area contributed by atoms with E-state index < -0.39 is 0 Å². The van der Waals surface area contributed by atoms with Crippen LogP contribution in [0.3, 0.4) is 0 Å². The molecule has 0 aliphatic carbocycles. The van der Waals surface area contributed by atoms with Crippen molar-refractivity contribution in [2.24, 2.45) is 0 Å². The number of halogens is 1. The normalized spacial score (nSPS) is 8.44. The summed E-state index contributed by atoms with van der Waals surface area (Å²) < 4.78 is 0.995. The Labute approximate surface area is 62.3 Å². The number of hydrogen-bond donors (Lipinski definition) is 0. The first kappa shape index (κ1) is 6.31. The molecule has 0 amide bonds. The summed E-state index contributed by atoms with van der Waals surface area (Å²) in [5.74, 6) is 0. The van der Waals surface area contributed by atoms with Gasteiger partial charge in [0.1, 0.15) is 0 Å². The minimum atomic E-state index is 0.782. The number of nitrogens with zero attached hydrogens (tertiary/aromatic N) is 1. The maximum Gasteiger partial charge on any atom is 0.341 e. The van der Waals surface area contributed by atoms with Crippen LogP contribution in [0.1, 0.15) is 0 Å². The van der Waals surface area contributed by atoms with E-state index in [1.54, 1.807) is 0 Å². The van der Waals surface area contributed by atoms with Gasteiger partial charge < -0.3 is 0 Å². The molecule has 1 aromatic carbocycles. The van der Waals surface area contributed by atoms with Crippen LogP contribution in [0.15, 0.2) is 28.7 Å². The molecule has 0 saturated carbocycles. The average Bonchev–Trinajstić information content (AvgIpc) is 1.88. The second kappa shape index (κ2) is 2.65. The molecule has 0 aromatic heterocycles.